The van der Waals surface area contributed by atoms with Crippen molar-refractivity contribution in [2.45, 2.75) is 50.3 Å². The van der Waals surface area contributed by atoms with Crippen molar-refractivity contribution in [3.63, 3.8) is 0 Å². The van der Waals surface area contributed by atoms with E-state index in [1.54, 1.807) is 7.11 Å². The predicted molar refractivity (Wildman–Crippen MR) is 117 cm³/mol. The summed E-state index contributed by atoms with van der Waals surface area (Å²) in [7, 11) is 1.69. The molecule has 0 spiro atoms. The molecule has 0 aromatic heterocycles. The standard InChI is InChI=1S/C25H32N2O3/c1-30-22-13-6-5-11-20(22)24-21-12-7-8-14-25(21,29)15-16-27(24)18-23(28)26-17-19-9-3-2-4-10-19/h2-6,9-11,13,21,24,29H,7-8,12,14-18H2,1H3,(H,26,28)/t21?,24-,25?/m0/s1. The first-order valence-electron chi connectivity index (χ1n) is 11.0. The Morgan fingerprint density at radius 1 is 1.13 bits per heavy atom. The SMILES string of the molecule is COc1ccccc1[C@H]1C2CCCCC2(O)CCN1CC(=O)NCc1ccccc1. The molecule has 2 aromatic rings. The highest BCUT2D eigenvalue weighted by molar-refractivity contribution is 5.78. The van der Waals surface area contributed by atoms with Gasteiger partial charge in [0.25, 0.3) is 0 Å². The van der Waals surface area contributed by atoms with Crippen LogP contribution in [0.3, 0.4) is 0 Å². The van der Waals surface area contributed by atoms with Crippen LogP contribution in [0.4, 0.5) is 0 Å². The average Bonchev–Trinajstić information content (AvgIpc) is 2.78. The third-order valence-corrected chi connectivity index (χ3v) is 6.81. The van der Waals surface area contributed by atoms with Crippen molar-refractivity contribution in [3.05, 3.63) is 65.7 Å². The van der Waals surface area contributed by atoms with E-state index in [1.165, 1.54) is 0 Å². The lowest BCUT2D eigenvalue weighted by Crippen LogP contribution is -2.56. The van der Waals surface area contributed by atoms with Crippen LogP contribution in [0.1, 0.15) is 49.3 Å². The van der Waals surface area contributed by atoms with Gasteiger partial charge in [0.2, 0.25) is 5.91 Å². The Hall–Kier alpha value is -2.37. The summed E-state index contributed by atoms with van der Waals surface area (Å²) in [6, 6.07) is 18.0. The molecule has 30 heavy (non-hydrogen) atoms. The maximum atomic E-state index is 12.8. The average molecular weight is 409 g/mol. The van der Waals surface area contributed by atoms with Crippen molar-refractivity contribution in [2.24, 2.45) is 5.92 Å². The Morgan fingerprint density at radius 2 is 1.90 bits per heavy atom. The molecular formula is C25H32N2O3. The molecule has 2 aromatic carbocycles. The van der Waals surface area contributed by atoms with Crippen molar-refractivity contribution in [3.8, 4) is 5.75 Å². The fourth-order valence-corrected chi connectivity index (χ4v) is 5.28. The normalized spacial score (nSPS) is 26.6. The van der Waals surface area contributed by atoms with Crippen LogP contribution in [0.15, 0.2) is 54.6 Å². The van der Waals surface area contributed by atoms with E-state index in [0.717, 1.165) is 49.0 Å². The van der Waals surface area contributed by atoms with Crippen LogP contribution in [-0.4, -0.2) is 41.7 Å². The topological polar surface area (TPSA) is 61.8 Å². The number of aliphatic hydroxyl groups is 1. The molecule has 1 amide bonds. The minimum absolute atomic E-state index is 0.0139. The molecule has 2 fully saturated rings. The van der Waals surface area contributed by atoms with Crippen molar-refractivity contribution >= 4 is 5.91 Å². The summed E-state index contributed by atoms with van der Waals surface area (Å²) in [6.07, 6.45) is 4.73. The number of benzene rings is 2. The monoisotopic (exact) mass is 408 g/mol. The van der Waals surface area contributed by atoms with Gasteiger partial charge >= 0.3 is 0 Å². The molecule has 0 radical (unpaired) electrons. The van der Waals surface area contributed by atoms with Crippen LogP contribution in [-0.2, 0) is 11.3 Å². The van der Waals surface area contributed by atoms with E-state index in [-0.39, 0.29) is 17.9 Å². The molecule has 0 bridgehead atoms. The molecule has 160 valence electrons. The summed E-state index contributed by atoms with van der Waals surface area (Å²) in [5.74, 6) is 0.949. The summed E-state index contributed by atoms with van der Waals surface area (Å²) in [5.41, 5.74) is 1.51. The number of rotatable bonds is 6. The van der Waals surface area contributed by atoms with Gasteiger partial charge in [0.15, 0.2) is 0 Å². The fourth-order valence-electron chi connectivity index (χ4n) is 5.28. The minimum Gasteiger partial charge on any atom is -0.496 e. The summed E-state index contributed by atoms with van der Waals surface area (Å²) < 4.78 is 5.66. The first kappa shape index (κ1) is 20.9. The van der Waals surface area contributed by atoms with Crippen LogP contribution in [0, 0.1) is 5.92 Å². The summed E-state index contributed by atoms with van der Waals surface area (Å²) >= 11 is 0. The summed E-state index contributed by atoms with van der Waals surface area (Å²) in [5, 5.41) is 14.5. The van der Waals surface area contributed by atoms with Crippen molar-refractivity contribution in [1.82, 2.24) is 10.2 Å². The van der Waals surface area contributed by atoms with E-state index in [2.05, 4.69) is 16.3 Å². The number of ether oxygens (including phenoxy) is 1. The third kappa shape index (κ3) is 4.37. The number of hydrogen-bond acceptors (Lipinski definition) is 4. The highest BCUT2D eigenvalue weighted by Crippen LogP contribution is 2.50. The highest BCUT2D eigenvalue weighted by atomic mass is 16.5. The van der Waals surface area contributed by atoms with Crippen molar-refractivity contribution < 1.29 is 14.6 Å². The van der Waals surface area contributed by atoms with Gasteiger partial charge in [-0.15, -0.1) is 0 Å². The number of carbonyl (C=O) groups excluding carboxylic acids is 1. The number of nitrogens with zero attached hydrogens (tertiary/aromatic N) is 1. The van der Waals surface area contributed by atoms with Gasteiger partial charge in [0, 0.05) is 30.6 Å². The number of piperidine rings is 1. The number of amides is 1. The maximum absolute atomic E-state index is 12.8. The second-order valence-corrected chi connectivity index (χ2v) is 8.63. The summed E-state index contributed by atoms with van der Waals surface area (Å²) in [6.45, 7) is 1.55. The van der Waals surface area contributed by atoms with Crippen molar-refractivity contribution in [1.29, 1.82) is 0 Å². The molecular weight excluding hydrogens is 376 g/mol. The van der Waals surface area contributed by atoms with Crippen LogP contribution in [0.2, 0.25) is 0 Å². The van der Waals surface area contributed by atoms with Gasteiger partial charge in [-0.1, -0.05) is 61.4 Å². The second-order valence-electron chi connectivity index (χ2n) is 8.63. The van der Waals surface area contributed by atoms with Crippen LogP contribution >= 0.6 is 0 Å². The Balaban J connectivity index is 1.55. The smallest absolute Gasteiger partial charge is 0.234 e. The van der Waals surface area contributed by atoms with E-state index >= 15 is 0 Å². The molecule has 5 heteroatoms. The lowest BCUT2D eigenvalue weighted by Gasteiger charge is -2.52. The summed E-state index contributed by atoms with van der Waals surface area (Å²) in [4.78, 5) is 15.0. The lowest BCUT2D eigenvalue weighted by molar-refractivity contribution is -0.138. The third-order valence-electron chi connectivity index (χ3n) is 6.81. The van der Waals surface area contributed by atoms with Crippen molar-refractivity contribution in [2.75, 3.05) is 20.2 Å². The number of fused-ring (bicyclic) bond motifs is 1. The molecule has 5 nitrogen and oxygen atoms in total. The molecule has 1 aliphatic carbocycles. The molecule has 4 rings (SSSR count). The number of nitrogens with one attached hydrogen (secondary N) is 1. The zero-order chi connectivity index (χ0) is 21.0. The van der Waals surface area contributed by atoms with Crippen LogP contribution in [0.25, 0.3) is 0 Å². The van der Waals surface area contributed by atoms with Gasteiger partial charge in [-0.2, -0.15) is 0 Å². The zero-order valence-corrected chi connectivity index (χ0v) is 17.7. The number of carbonyl (C=O) groups is 1. The fraction of sp³-hybridized carbons (Fsp3) is 0.480. The van der Waals surface area contributed by atoms with E-state index in [9.17, 15) is 9.90 Å². The van der Waals surface area contributed by atoms with Gasteiger partial charge in [-0.3, -0.25) is 9.69 Å². The number of likely N-dealkylation sites (tertiary alicyclic amines) is 1. The lowest BCUT2D eigenvalue weighted by atomic mass is 9.66. The van der Waals surface area contributed by atoms with Gasteiger partial charge in [0.1, 0.15) is 5.75 Å². The Kier molecular flexibility index (Phi) is 6.40. The Morgan fingerprint density at radius 3 is 2.70 bits per heavy atom. The maximum Gasteiger partial charge on any atom is 0.234 e. The van der Waals surface area contributed by atoms with Gasteiger partial charge in [-0.05, 0) is 30.9 Å². The Bertz CT molecular complexity index is 856. The molecule has 1 heterocycles. The highest BCUT2D eigenvalue weighted by Gasteiger charge is 2.49. The molecule has 3 atom stereocenters. The largest absolute Gasteiger partial charge is 0.496 e. The van der Waals surface area contributed by atoms with Crippen LogP contribution in [0.5, 0.6) is 5.75 Å². The molecule has 2 aliphatic rings. The molecule has 1 saturated heterocycles. The van der Waals surface area contributed by atoms with Crippen LogP contribution < -0.4 is 10.1 Å². The number of hydrogen-bond donors (Lipinski definition) is 2. The van der Waals surface area contributed by atoms with E-state index in [4.69, 9.17) is 4.74 Å². The van der Waals surface area contributed by atoms with Gasteiger partial charge in [-0.25, -0.2) is 0 Å². The minimum atomic E-state index is -0.652. The zero-order valence-electron chi connectivity index (χ0n) is 17.7. The molecule has 2 unspecified atom stereocenters. The first-order chi connectivity index (χ1) is 14.6. The van der Waals surface area contributed by atoms with E-state index in [0.29, 0.717) is 19.6 Å². The molecule has 1 saturated carbocycles. The van der Waals surface area contributed by atoms with E-state index in [1.807, 2.05) is 48.5 Å². The van der Waals surface area contributed by atoms with E-state index < -0.39 is 5.60 Å². The molecule has 2 N–H and O–H groups in total. The predicted octanol–water partition coefficient (Wildman–Crippen LogP) is 3.68. The first-order valence-corrected chi connectivity index (χ1v) is 11.0. The number of methoxy groups -OCH3 is 1. The number of para-hydroxylation sites is 1. The Labute approximate surface area is 179 Å². The van der Waals surface area contributed by atoms with Gasteiger partial charge < -0.3 is 15.2 Å². The van der Waals surface area contributed by atoms with Gasteiger partial charge in [0.05, 0.1) is 19.3 Å². The second kappa shape index (κ2) is 9.19. The quantitative estimate of drug-likeness (QED) is 0.765. The molecule has 1 aliphatic heterocycles.